The largest absolute Gasteiger partial charge is 0.314 e. The van der Waals surface area contributed by atoms with E-state index in [2.05, 4.69) is 60.7 Å². The van der Waals surface area contributed by atoms with Gasteiger partial charge in [0, 0.05) is 12.7 Å². The van der Waals surface area contributed by atoms with Crippen molar-refractivity contribution in [1.82, 2.24) is 0 Å². The summed E-state index contributed by atoms with van der Waals surface area (Å²) in [6, 6.07) is 37.3. The van der Waals surface area contributed by atoms with Crippen molar-refractivity contribution < 1.29 is 4.79 Å². The Morgan fingerprint density at radius 2 is 1.16 bits per heavy atom. The molecule has 2 aliphatic rings. The van der Waals surface area contributed by atoms with Gasteiger partial charge in [0.05, 0.1) is 4.75 Å². The van der Waals surface area contributed by atoms with Crippen molar-refractivity contribution in [2.24, 2.45) is 0 Å². The van der Waals surface area contributed by atoms with Gasteiger partial charge in [0.15, 0.2) is 0 Å². The first-order valence-corrected chi connectivity index (χ1v) is 11.3. The van der Waals surface area contributed by atoms with Crippen molar-refractivity contribution in [2.45, 2.75) is 9.49 Å². The maximum absolute atomic E-state index is 14.3. The summed E-state index contributed by atoms with van der Waals surface area (Å²) in [7, 11) is 1.89. The highest BCUT2D eigenvalue weighted by Crippen LogP contribution is 2.82. The molecule has 1 spiro atoms. The van der Waals surface area contributed by atoms with Crippen LogP contribution in [0, 0.1) is 0 Å². The summed E-state index contributed by atoms with van der Waals surface area (Å²) in [4.78, 5) is 16.1. The third-order valence-electron chi connectivity index (χ3n) is 6.59. The highest BCUT2D eigenvalue weighted by atomic mass is 32.2. The lowest BCUT2D eigenvalue weighted by atomic mass is 9.79. The second-order valence-corrected chi connectivity index (χ2v) is 9.55. The van der Waals surface area contributed by atoms with Crippen LogP contribution in [-0.2, 0) is 14.3 Å². The SMILES string of the molecule is CN(C(=O)[C@]1(c2ccccc2)SC12c1ccccc1-c1ccccc12)c1ccccc1. The van der Waals surface area contributed by atoms with E-state index in [0.29, 0.717) is 0 Å². The van der Waals surface area contributed by atoms with E-state index >= 15 is 0 Å². The maximum atomic E-state index is 14.3. The Morgan fingerprint density at radius 1 is 0.677 bits per heavy atom. The Bertz CT molecular complexity index is 1260. The Morgan fingerprint density at radius 3 is 1.74 bits per heavy atom. The predicted octanol–water partition coefficient (Wildman–Crippen LogP) is 6.22. The van der Waals surface area contributed by atoms with Gasteiger partial charge in [-0.1, -0.05) is 97.1 Å². The normalized spacial score (nSPS) is 19.5. The van der Waals surface area contributed by atoms with Gasteiger partial charge in [0.2, 0.25) is 5.91 Å². The van der Waals surface area contributed by atoms with Gasteiger partial charge in [0.1, 0.15) is 4.75 Å². The Labute approximate surface area is 186 Å². The van der Waals surface area contributed by atoms with Crippen LogP contribution < -0.4 is 4.90 Å². The minimum atomic E-state index is -0.707. The molecular formula is C28H21NOS. The van der Waals surface area contributed by atoms with E-state index in [4.69, 9.17) is 0 Å². The number of para-hydroxylation sites is 1. The van der Waals surface area contributed by atoms with Crippen molar-refractivity contribution in [3.63, 3.8) is 0 Å². The van der Waals surface area contributed by atoms with E-state index in [1.165, 1.54) is 22.3 Å². The number of hydrogen-bond acceptors (Lipinski definition) is 2. The molecule has 0 saturated carbocycles. The average Bonchev–Trinajstić information content (AvgIpc) is 3.48. The number of rotatable bonds is 3. The van der Waals surface area contributed by atoms with Gasteiger partial charge in [-0.2, -0.15) is 0 Å². The standard InChI is InChI=1S/C28H21NOS/c1-29(21-14-6-3-7-15-21)26(30)27(20-12-4-2-5-13-20)28(31-27)24-18-10-8-16-22(24)23-17-9-11-19-25(23)28/h2-19H,1H3/t27-/m0/s1. The molecule has 1 aliphatic carbocycles. The molecule has 1 saturated heterocycles. The first kappa shape index (κ1) is 18.5. The van der Waals surface area contributed by atoms with Crippen molar-refractivity contribution in [3.8, 4) is 11.1 Å². The van der Waals surface area contributed by atoms with E-state index in [-0.39, 0.29) is 5.91 Å². The number of carbonyl (C=O) groups excluding carboxylic acids is 1. The number of hydrogen-bond donors (Lipinski definition) is 0. The van der Waals surface area contributed by atoms with Crippen LogP contribution >= 0.6 is 11.8 Å². The molecule has 1 aliphatic heterocycles. The van der Waals surface area contributed by atoms with Gasteiger partial charge in [-0.3, -0.25) is 4.79 Å². The summed E-state index contributed by atoms with van der Waals surface area (Å²) in [5, 5.41) is 0. The molecule has 150 valence electrons. The molecule has 0 radical (unpaired) electrons. The van der Waals surface area contributed by atoms with Crippen molar-refractivity contribution in [2.75, 3.05) is 11.9 Å². The molecule has 1 amide bonds. The fourth-order valence-corrected chi connectivity index (χ4v) is 7.03. The molecule has 31 heavy (non-hydrogen) atoms. The molecule has 1 fully saturated rings. The number of thioether (sulfide) groups is 1. The van der Waals surface area contributed by atoms with Crippen LogP contribution in [-0.4, -0.2) is 13.0 Å². The fraction of sp³-hybridized carbons (Fsp3) is 0.107. The summed E-state index contributed by atoms with van der Waals surface area (Å²) >= 11 is 1.77. The number of likely N-dealkylation sites (N-methyl/N-ethyl adjacent to an activating group) is 1. The fourth-order valence-electron chi connectivity index (χ4n) is 5.15. The van der Waals surface area contributed by atoms with Crippen LogP contribution in [0.1, 0.15) is 16.7 Å². The van der Waals surface area contributed by atoms with Gasteiger partial charge in [0.25, 0.3) is 0 Å². The number of benzene rings is 4. The second kappa shape index (κ2) is 6.60. The summed E-state index contributed by atoms with van der Waals surface area (Å²) in [6.07, 6.45) is 0. The van der Waals surface area contributed by atoms with Gasteiger partial charge in [-0.15, -0.1) is 11.8 Å². The Balaban J connectivity index is 1.60. The second-order valence-electron chi connectivity index (χ2n) is 8.12. The van der Waals surface area contributed by atoms with E-state index in [1.54, 1.807) is 11.8 Å². The molecule has 1 heterocycles. The number of anilines is 1. The number of carbonyl (C=O) groups is 1. The van der Waals surface area contributed by atoms with Crippen molar-refractivity contribution in [3.05, 3.63) is 126 Å². The third-order valence-corrected chi connectivity index (χ3v) is 8.46. The molecule has 4 aromatic carbocycles. The van der Waals surface area contributed by atoms with Crippen LogP contribution in [0.4, 0.5) is 5.69 Å². The maximum Gasteiger partial charge on any atom is 0.249 e. The van der Waals surface area contributed by atoms with Gasteiger partial charge in [-0.05, 0) is 39.9 Å². The number of fused-ring (bicyclic) bond motifs is 5. The first-order chi connectivity index (χ1) is 15.2. The highest BCUT2D eigenvalue weighted by molar-refractivity contribution is 8.09. The summed E-state index contributed by atoms with van der Waals surface area (Å²) < 4.78 is -1.12. The molecule has 0 N–H and O–H groups in total. The molecule has 4 aromatic rings. The zero-order chi connectivity index (χ0) is 21.1. The molecule has 0 unspecified atom stereocenters. The zero-order valence-corrected chi connectivity index (χ0v) is 18.0. The van der Waals surface area contributed by atoms with E-state index in [0.717, 1.165) is 11.3 Å². The molecule has 0 bridgehead atoms. The van der Waals surface area contributed by atoms with Crippen LogP contribution in [0.25, 0.3) is 11.1 Å². The minimum absolute atomic E-state index is 0.112. The molecule has 3 heteroatoms. The molecule has 1 atom stereocenters. The van der Waals surface area contributed by atoms with Gasteiger partial charge >= 0.3 is 0 Å². The first-order valence-electron chi connectivity index (χ1n) is 10.5. The highest BCUT2D eigenvalue weighted by Gasteiger charge is 2.78. The number of amides is 1. The van der Waals surface area contributed by atoms with Crippen LogP contribution in [0.2, 0.25) is 0 Å². The van der Waals surface area contributed by atoms with Crippen LogP contribution in [0.5, 0.6) is 0 Å². The Kier molecular flexibility index (Phi) is 3.93. The Hall–Kier alpha value is -3.30. The zero-order valence-electron chi connectivity index (χ0n) is 17.2. The lowest BCUT2D eigenvalue weighted by Gasteiger charge is -2.27. The predicted molar refractivity (Wildman–Crippen MR) is 128 cm³/mol. The van der Waals surface area contributed by atoms with Crippen molar-refractivity contribution >= 4 is 23.4 Å². The quantitative estimate of drug-likeness (QED) is 0.368. The molecule has 0 aromatic heterocycles. The van der Waals surface area contributed by atoms with Crippen LogP contribution in [0.3, 0.4) is 0 Å². The average molecular weight is 420 g/mol. The third kappa shape index (κ3) is 2.33. The van der Waals surface area contributed by atoms with Crippen LogP contribution in [0.15, 0.2) is 109 Å². The monoisotopic (exact) mass is 419 g/mol. The molecule has 2 nitrogen and oxygen atoms in total. The van der Waals surface area contributed by atoms with Gasteiger partial charge < -0.3 is 4.90 Å². The van der Waals surface area contributed by atoms with E-state index in [1.807, 2.05) is 60.5 Å². The molecule has 6 rings (SSSR count). The summed E-state index contributed by atoms with van der Waals surface area (Å²) in [6.45, 7) is 0. The summed E-state index contributed by atoms with van der Waals surface area (Å²) in [5.74, 6) is 0.112. The number of nitrogens with zero attached hydrogens (tertiary/aromatic N) is 1. The smallest absolute Gasteiger partial charge is 0.249 e. The lowest BCUT2D eigenvalue weighted by molar-refractivity contribution is -0.120. The summed E-state index contributed by atoms with van der Waals surface area (Å²) in [5.41, 5.74) is 6.90. The van der Waals surface area contributed by atoms with E-state index < -0.39 is 9.49 Å². The lowest BCUT2D eigenvalue weighted by Crippen LogP contribution is -2.41. The van der Waals surface area contributed by atoms with Crippen molar-refractivity contribution in [1.29, 1.82) is 0 Å². The van der Waals surface area contributed by atoms with E-state index in [9.17, 15) is 4.79 Å². The topological polar surface area (TPSA) is 20.3 Å². The minimum Gasteiger partial charge on any atom is -0.314 e. The van der Waals surface area contributed by atoms with Gasteiger partial charge in [-0.25, -0.2) is 0 Å². The molecular weight excluding hydrogens is 398 g/mol.